The Hall–Kier alpha value is -2.34. The molecule has 1 saturated heterocycles. The van der Waals surface area contributed by atoms with Crippen molar-refractivity contribution < 1.29 is 9.53 Å². The Morgan fingerprint density at radius 3 is 2.84 bits per heavy atom. The minimum atomic E-state index is -0.0589. The van der Waals surface area contributed by atoms with Crippen LogP contribution in [0.25, 0.3) is 0 Å². The fourth-order valence-electron chi connectivity index (χ4n) is 3.18. The molecule has 25 heavy (non-hydrogen) atoms. The summed E-state index contributed by atoms with van der Waals surface area (Å²) in [5.41, 5.74) is 2.19. The number of aromatic nitrogens is 2. The van der Waals surface area contributed by atoms with Gasteiger partial charge in [0.05, 0.1) is 18.7 Å². The molecule has 1 aromatic carbocycles. The van der Waals surface area contributed by atoms with Gasteiger partial charge in [0, 0.05) is 38.8 Å². The Kier molecular flexibility index (Phi) is 5.71. The van der Waals surface area contributed by atoms with Crippen molar-refractivity contribution in [1.82, 2.24) is 20.4 Å². The second kappa shape index (κ2) is 8.16. The molecule has 2 atom stereocenters. The van der Waals surface area contributed by atoms with Gasteiger partial charge in [-0.05, 0) is 29.7 Å². The van der Waals surface area contributed by atoms with Gasteiger partial charge in [-0.3, -0.25) is 9.48 Å². The van der Waals surface area contributed by atoms with Crippen molar-refractivity contribution in [2.45, 2.75) is 25.8 Å². The van der Waals surface area contributed by atoms with E-state index >= 15 is 0 Å². The molecule has 1 aliphatic heterocycles. The lowest BCUT2D eigenvalue weighted by Gasteiger charge is -2.17. The highest BCUT2D eigenvalue weighted by molar-refractivity contribution is 5.80. The summed E-state index contributed by atoms with van der Waals surface area (Å²) in [6.07, 6.45) is 4.84. The van der Waals surface area contributed by atoms with Crippen LogP contribution in [0, 0.1) is 5.92 Å². The van der Waals surface area contributed by atoms with Crippen molar-refractivity contribution in [2.75, 3.05) is 19.7 Å². The third-order valence-electron chi connectivity index (χ3n) is 4.57. The summed E-state index contributed by atoms with van der Waals surface area (Å²) >= 11 is 0. The number of hydrogen-bond acceptors (Lipinski definition) is 4. The van der Waals surface area contributed by atoms with E-state index in [1.165, 1.54) is 0 Å². The number of nitrogens with zero attached hydrogens (tertiary/aromatic N) is 2. The predicted octanol–water partition coefficient (Wildman–Crippen LogP) is 1.83. The van der Waals surface area contributed by atoms with Crippen LogP contribution < -0.4 is 15.4 Å². The molecule has 0 spiro atoms. The molecule has 2 aromatic rings. The SMILES string of the molecule is CCCOc1ccc(CNC(=O)[C@H]2CNC[C@@H]2c2cnn(C)c2)cc1. The molecule has 3 rings (SSSR count). The van der Waals surface area contributed by atoms with Gasteiger partial charge in [-0.1, -0.05) is 19.1 Å². The summed E-state index contributed by atoms with van der Waals surface area (Å²) in [6.45, 7) is 4.85. The van der Waals surface area contributed by atoms with E-state index in [9.17, 15) is 4.79 Å². The van der Waals surface area contributed by atoms with Gasteiger partial charge in [0.25, 0.3) is 0 Å². The van der Waals surface area contributed by atoms with Crippen LogP contribution in [0.4, 0.5) is 0 Å². The van der Waals surface area contributed by atoms with Gasteiger partial charge in [-0.25, -0.2) is 0 Å². The first-order valence-corrected chi connectivity index (χ1v) is 8.86. The molecule has 0 aliphatic carbocycles. The van der Waals surface area contributed by atoms with E-state index in [4.69, 9.17) is 4.74 Å². The highest BCUT2D eigenvalue weighted by Crippen LogP contribution is 2.28. The predicted molar refractivity (Wildman–Crippen MR) is 96.4 cm³/mol. The molecular formula is C19H26N4O2. The van der Waals surface area contributed by atoms with Gasteiger partial charge in [-0.15, -0.1) is 0 Å². The molecule has 1 fully saturated rings. The van der Waals surface area contributed by atoms with Crippen LogP contribution in [0.1, 0.15) is 30.4 Å². The zero-order chi connectivity index (χ0) is 17.6. The topological polar surface area (TPSA) is 68.2 Å². The van der Waals surface area contributed by atoms with Gasteiger partial charge in [0.15, 0.2) is 0 Å². The third kappa shape index (κ3) is 4.39. The molecule has 6 heteroatoms. The van der Waals surface area contributed by atoms with E-state index in [-0.39, 0.29) is 17.7 Å². The standard InChI is InChI=1S/C19H26N4O2/c1-3-8-25-16-6-4-14(5-7-16)9-21-19(24)18-12-20-11-17(18)15-10-22-23(2)13-15/h4-7,10,13,17-18,20H,3,8-9,11-12H2,1-2H3,(H,21,24)/t17-,18+/m1/s1. The second-order valence-corrected chi connectivity index (χ2v) is 6.53. The van der Waals surface area contributed by atoms with E-state index in [0.717, 1.165) is 36.4 Å². The van der Waals surface area contributed by atoms with E-state index in [2.05, 4.69) is 22.7 Å². The van der Waals surface area contributed by atoms with E-state index < -0.39 is 0 Å². The molecule has 1 amide bonds. The number of carbonyl (C=O) groups is 1. The average Bonchev–Trinajstić information content (AvgIpc) is 3.27. The van der Waals surface area contributed by atoms with Gasteiger partial charge in [-0.2, -0.15) is 5.10 Å². The molecule has 0 saturated carbocycles. The molecule has 6 nitrogen and oxygen atoms in total. The summed E-state index contributed by atoms with van der Waals surface area (Å²) in [5.74, 6) is 1.08. The Balaban J connectivity index is 1.55. The minimum absolute atomic E-state index is 0.0589. The van der Waals surface area contributed by atoms with E-state index in [0.29, 0.717) is 13.1 Å². The lowest BCUT2D eigenvalue weighted by molar-refractivity contribution is -0.125. The lowest BCUT2D eigenvalue weighted by atomic mass is 9.90. The van der Waals surface area contributed by atoms with Crippen LogP contribution in [0.5, 0.6) is 5.75 Å². The summed E-state index contributed by atoms with van der Waals surface area (Å²) in [6, 6.07) is 7.90. The Morgan fingerprint density at radius 2 is 2.16 bits per heavy atom. The number of carbonyl (C=O) groups excluding carboxylic acids is 1. The minimum Gasteiger partial charge on any atom is -0.494 e. The molecule has 134 valence electrons. The highest BCUT2D eigenvalue weighted by Gasteiger charge is 2.34. The zero-order valence-electron chi connectivity index (χ0n) is 14.9. The van der Waals surface area contributed by atoms with Crippen molar-refractivity contribution in [2.24, 2.45) is 13.0 Å². The van der Waals surface area contributed by atoms with Gasteiger partial charge >= 0.3 is 0 Å². The number of aryl methyl sites for hydroxylation is 1. The van der Waals surface area contributed by atoms with Crippen LogP contribution >= 0.6 is 0 Å². The van der Waals surface area contributed by atoms with Crippen LogP contribution in [-0.2, 0) is 18.4 Å². The third-order valence-corrected chi connectivity index (χ3v) is 4.57. The fourth-order valence-corrected chi connectivity index (χ4v) is 3.18. The van der Waals surface area contributed by atoms with E-state index in [1.54, 1.807) is 4.68 Å². The maximum Gasteiger partial charge on any atom is 0.225 e. The summed E-state index contributed by atoms with van der Waals surface area (Å²) in [5, 5.41) is 10.6. The first kappa shape index (κ1) is 17.5. The largest absolute Gasteiger partial charge is 0.494 e. The van der Waals surface area contributed by atoms with Crippen LogP contribution in [0.2, 0.25) is 0 Å². The number of benzene rings is 1. The fraction of sp³-hybridized carbons (Fsp3) is 0.474. The van der Waals surface area contributed by atoms with Crippen molar-refractivity contribution in [3.05, 3.63) is 47.8 Å². The quantitative estimate of drug-likeness (QED) is 0.805. The smallest absolute Gasteiger partial charge is 0.225 e. The Labute approximate surface area is 148 Å². The van der Waals surface area contributed by atoms with Crippen molar-refractivity contribution in [1.29, 1.82) is 0 Å². The lowest BCUT2D eigenvalue weighted by Crippen LogP contribution is -2.33. The van der Waals surface area contributed by atoms with Crippen LogP contribution in [-0.4, -0.2) is 35.4 Å². The number of ether oxygens (including phenoxy) is 1. The summed E-state index contributed by atoms with van der Waals surface area (Å²) in [7, 11) is 1.90. The van der Waals surface area contributed by atoms with E-state index in [1.807, 2.05) is 43.7 Å². The van der Waals surface area contributed by atoms with Gasteiger partial charge < -0.3 is 15.4 Å². The average molecular weight is 342 g/mol. The molecule has 0 bridgehead atoms. The van der Waals surface area contributed by atoms with Gasteiger partial charge in [0.2, 0.25) is 5.91 Å². The molecule has 2 N–H and O–H groups in total. The highest BCUT2D eigenvalue weighted by atomic mass is 16.5. The Morgan fingerprint density at radius 1 is 1.36 bits per heavy atom. The van der Waals surface area contributed by atoms with Gasteiger partial charge in [0.1, 0.15) is 5.75 Å². The molecule has 2 heterocycles. The molecule has 1 aliphatic rings. The molecule has 0 radical (unpaired) electrons. The monoisotopic (exact) mass is 342 g/mol. The maximum absolute atomic E-state index is 12.6. The molecule has 0 unspecified atom stereocenters. The molecular weight excluding hydrogens is 316 g/mol. The van der Waals surface area contributed by atoms with Crippen molar-refractivity contribution in [3.8, 4) is 5.75 Å². The van der Waals surface area contributed by atoms with Crippen molar-refractivity contribution in [3.63, 3.8) is 0 Å². The number of hydrogen-bond donors (Lipinski definition) is 2. The normalized spacial score (nSPS) is 19.8. The summed E-state index contributed by atoms with van der Waals surface area (Å²) in [4.78, 5) is 12.6. The zero-order valence-corrected chi connectivity index (χ0v) is 14.9. The molecule has 1 aromatic heterocycles. The second-order valence-electron chi connectivity index (χ2n) is 6.53. The number of rotatable bonds is 7. The number of nitrogens with one attached hydrogen (secondary N) is 2. The van der Waals surface area contributed by atoms with Crippen molar-refractivity contribution >= 4 is 5.91 Å². The van der Waals surface area contributed by atoms with Crippen LogP contribution in [0.3, 0.4) is 0 Å². The maximum atomic E-state index is 12.6. The van der Waals surface area contributed by atoms with Crippen LogP contribution in [0.15, 0.2) is 36.7 Å². The number of amides is 1. The first-order valence-electron chi connectivity index (χ1n) is 8.86. The Bertz CT molecular complexity index is 696. The first-order chi connectivity index (χ1) is 12.2. The summed E-state index contributed by atoms with van der Waals surface area (Å²) < 4.78 is 7.36.